The topological polar surface area (TPSA) is 62.8 Å². The summed E-state index contributed by atoms with van der Waals surface area (Å²) in [5.74, 6) is 0.300. The molecule has 32 heavy (non-hydrogen) atoms. The molecule has 9 heteroatoms. The van der Waals surface area contributed by atoms with E-state index in [-0.39, 0.29) is 17.7 Å². The quantitative estimate of drug-likeness (QED) is 0.590. The zero-order valence-electron chi connectivity index (χ0n) is 17.6. The molecule has 2 N–H and O–H groups in total. The van der Waals surface area contributed by atoms with Crippen LogP contribution in [0.25, 0.3) is 0 Å². The van der Waals surface area contributed by atoms with Gasteiger partial charge in [0.1, 0.15) is 11.5 Å². The number of rotatable bonds is 7. The highest BCUT2D eigenvalue weighted by Gasteiger charge is 2.41. The van der Waals surface area contributed by atoms with Gasteiger partial charge >= 0.3 is 6.61 Å². The molecule has 0 aromatic heterocycles. The minimum Gasteiger partial charge on any atom is -0.497 e. The number of para-hydroxylation sites is 1. The molecule has 1 amide bonds. The maximum atomic E-state index is 13.4. The van der Waals surface area contributed by atoms with Gasteiger partial charge in [-0.2, -0.15) is 8.78 Å². The number of hydrogen-bond acceptors (Lipinski definition) is 4. The molecule has 2 aromatic rings. The minimum absolute atomic E-state index is 0.00906. The van der Waals surface area contributed by atoms with Crippen molar-refractivity contribution in [3.63, 3.8) is 0 Å². The van der Waals surface area contributed by atoms with E-state index >= 15 is 0 Å². The summed E-state index contributed by atoms with van der Waals surface area (Å²) >= 11 is 5.57. The van der Waals surface area contributed by atoms with Gasteiger partial charge in [0, 0.05) is 23.0 Å². The molecule has 0 spiro atoms. The van der Waals surface area contributed by atoms with Crippen LogP contribution in [0.1, 0.15) is 31.4 Å². The van der Waals surface area contributed by atoms with Crippen LogP contribution in [0.5, 0.6) is 11.5 Å². The third kappa shape index (κ3) is 4.52. The number of nitrogens with one attached hydrogen (secondary N) is 2. The molecular weight excluding hydrogens is 436 g/mol. The normalized spacial score (nSPS) is 18.5. The Morgan fingerprint density at radius 2 is 1.88 bits per heavy atom. The van der Waals surface area contributed by atoms with Crippen LogP contribution in [-0.4, -0.2) is 35.7 Å². The second kappa shape index (κ2) is 9.12. The number of halogens is 2. The van der Waals surface area contributed by atoms with Crippen LogP contribution in [0.2, 0.25) is 0 Å². The zero-order valence-corrected chi connectivity index (χ0v) is 18.4. The maximum absolute atomic E-state index is 13.4. The molecule has 1 fully saturated rings. The fourth-order valence-electron chi connectivity index (χ4n) is 3.85. The zero-order chi connectivity index (χ0) is 22.8. The van der Waals surface area contributed by atoms with Gasteiger partial charge in [-0.15, -0.1) is 0 Å². The molecule has 1 atom stereocenters. The van der Waals surface area contributed by atoms with Gasteiger partial charge in [0.25, 0.3) is 5.91 Å². The molecule has 0 radical (unpaired) electrons. The van der Waals surface area contributed by atoms with Gasteiger partial charge in [-0.1, -0.05) is 18.2 Å². The highest BCUT2D eigenvalue weighted by Crippen LogP contribution is 2.40. The highest BCUT2D eigenvalue weighted by molar-refractivity contribution is 7.80. The van der Waals surface area contributed by atoms with Crippen LogP contribution in [0, 0.1) is 0 Å². The van der Waals surface area contributed by atoms with Crippen molar-refractivity contribution in [1.82, 2.24) is 10.2 Å². The monoisotopic (exact) mass is 459 g/mol. The summed E-state index contributed by atoms with van der Waals surface area (Å²) < 4.78 is 35.9. The molecule has 6 nitrogen and oxygen atoms in total. The number of carbonyl (C=O) groups is 1. The number of nitrogens with zero attached hydrogens (tertiary/aromatic N) is 1. The Hall–Kier alpha value is -3.20. The van der Waals surface area contributed by atoms with Crippen LogP contribution in [0.4, 0.5) is 14.5 Å². The Morgan fingerprint density at radius 3 is 2.50 bits per heavy atom. The molecule has 1 heterocycles. The lowest BCUT2D eigenvalue weighted by molar-refractivity contribution is -0.113. The molecule has 0 bridgehead atoms. The SMILES string of the molecule is COc1ccc(NC(=O)C2=C(C)N(C3CC3)C(=S)NC2c2ccccc2OC(F)F)cc1. The summed E-state index contributed by atoms with van der Waals surface area (Å²) in [6.45, 7) is -1.16. The summed E-state index contributed by atoms with van der Waals surface area (Å²) in [6, 6.07) is 12.8. The van der Waals surface area contributed by atoms with Gasteiger partial charge in [0.15, 0.2) is 5.11 Å². The first-order chi connectivity index (χ1) is 15.4. The molecule has 2 aliphatic rings. The largest absolute Gasteiger partial charge is 0.497 e. The average Bonchev–Trinajstić information content (AvgIpc) is 3.59. The number of alkyl halides is 2. The van der Waals surface area contributed by atoms with Gasteiger partial charge in [-0.3, -0.25) is 4.79 Å². The lowest BCUT2D eigenvalue weighted by atomic mass is 9.93. The number of amides is 1. The van der Waals surface area contributed by atoms with Crippen molar-refractivity contribution in [1.29, 1.82) is 0 Å². The summed E-state index contributed by atoms with van der Waals surface area (Å²) in [5.41, 5.74) is 2.08. The predicted molar refractivity (Wildman–Crippen MR) is 121 cm³/mol. The second-order valence-electron chi connectivity index (χ2n) is 7.58. The van der Waals surface area contributed by atoms with Gasteiger partial charge in [-0.25, -0.2) is 0 Å². The number of allylic oxidation sites excluding steroid dienone is 1. The second-order valence-corrected chi connectivity index (χ2v) is 7.97. The molecule has 1 aliphatic carbocycles. The van der Waals surface area contributed by atoms with Crippen molar-refractivity contribution in [3.8, 4) is 11.5 Å². The van der Waals surface area contributed by atoms with E-state index in [9.17, 15) is 13.6 Å². The number of benzene rings is 2. The molecule has 168 valence electrons. The predicted octanol–water partition coefficient (Wildman–Crippen LogP) is 4.60. The Balaban J connectivity index is 1.73. The summed E-state index contributed by atoms with van der Waals surface area (Å²) in [7, 11) is 1.56. The lowest BCUT2D eigenvalue weighted by Gasteiger charge is -2.38. The average molecular weight is 460 g/mol. The number of methoxy groups -OCH3 is 1. The van der Waals surface area contributed by atoms with Crippen LogP contribution in [0.15, 0.2) is 59.8 Å². The number of hydrogen-bond donors (Lipinski definition) is 2. The van der Waals surface area contributed by atoms with E-state index in [1.807, 2.05) is 11.8 Å². The minimum atomic E-state index is -2.99. The van der Waals surface area contributed by atoms with Gasteiger partial charge in [-0.05, 0) is 62.3 Å². The van der Waals surface area contributed by atoms with Crippen LogP contribution in [-0.2, 0) is 4.79 Å². The third-order valence-corrected chi connectivity index (χ3v) is 5.79. The lowest BCUT2D eigenvalue weighted by Crippen LogP contribution is -2.49. The van der Waals surface area contributed by atoms with E-state index in [4.69, 9.17) is 21.7 Å². The van der Waals surface area contributed by atoms with E-state index in [0.29, 0.717) is 33.4 Å². The van der Waals surface area contributed by atoms with E-state index < -0.39 is 12.7 Å². The van der Waals surface area contributed by atoms with Crippen molar-refractivity contribution in [3.05, 3.63) is 65.4 Å². The van der Waals surface area contributed by atoms with Crippen molar-refractivity contribution >= 4 is 28.9 Å². The van der Waals surface area contributed by atoms with Crippen molar-refractivity contribution in [2.45, 2.75) is 38.5 Å². The Bertz CT molecular complexity index is 1050. The van der Waals surface area contributed by atoms with Crippen molar-refractivity contribution < 1.29 is 23.0 Å². The summed E-state index contributed by atoms with van der Waals surface area (Å²) in [4.78, 5) is 15.4. The Morgan fingerprint density at radius 1 is 1.19 bits per heavy atom. The van der Waals surface area contributed by atoms with Gasteiger partial charge in [0.05, 0.1) is 18.7 Å². The number of anilines is 1. The molecule has 2 aromatic carbocycles. The number of ether oxygens (including phenoxy) is 2. The first-order valence-electron chi connectivity index (χ1n) is 10.2. The molecule has 1 aliphatic heterocycles. The molecule has 1 saturated carbocycles. The van der Waals surface area contributed by atoms with Crippen LogP contribution in [0.3, 0.4) is 0 Å². The van der Waals surface area contributed by atoms with E-state index in [1.54, 1.807) is 49.6 Å². The summed E-state index contributed by atoms with van der Waals surface area (Å²) in [6.07, 6.45) is 1.95. The van der Waals surface area contributed by atoms with Gasteiger partial charge < -0.3 is 25.0 Å². The molecule has 4 rings (SSSR count). The number of carbonyl (C=O) groups excluding carboxylic acids is 1. The maximum Gasteiger partial charge on any atom is 0.387 e. The third-order valence-electron chi connectivity index (χ3n) is 5.48. The Kier molecular flexibility index (Phi) is 6.27. The molecule has 1 unspecified atom stereocenters. The van der Waals surface area contributed by atoms with Gasteiger partial charge in [0.2, 0.25) is 0 Å². The Labute approximate surface area is 190 Å². The fraction of sp³-hybridized carbons (Fsp3) is 0.304. The smallest absolute Gasteiger partial charge is 0.387 e. The highest BCUT2D eigenvalue weighted by atomic mass is 32.1. The first-order valence-corrected chi connectivity index (χ1v) is 10.6. The van der Waals surface area contributed by atoms with E-state index in [2.05, 4.69) is 10.6 Å². The van der Waals surface area contributed by atoms with Crippen molar-refractivity contribution in [2.24, 2.45) is 0 Å². The van der Waals surface area contributed by atoms with E-state index in [1.165, 1.54) is 6.07 Å². The summed E-state index contributed by atoms with van der Waals surface area (Å²) in [5, 5.41) is 6.53. The standard InChI is InChI=1S/C23H23F2N3O3S/c1-13-19(21(29)26-14-7-11-16(30-2)12-8-14)20(27-23(32)28(13)15-9-10-15)17-5-3-4-6-18(17)31-22(24)25/h3-8,11-12,15,20,22H,9-10H2,1-2H3,(H,26,29)(H,27,32). The van der Waals surface area contributed by atoms with Crippen LogP contribution < -0.4 is 20.1 Å². The first kappa shape index (κ1) is 22.0. The fourth-order valence-corrected chi connectivity index (χ4v) is 4.26. The molecular formula is C23H23F2N3O3S. The van der Waals surface area contributed by atoms with Crippen LogP contribution >= 0.6 is 12.2 Å². The van der Waals surface area contributed by atoms with Crippen molar-refractivity contribution in [2.75, 3.05) is 12.4 Å². The van der Waals surface area contributed by atoms with E-state index in [0.717, 1.165) is 12.8 Å². The number of thiocarbonyl (C=S) groups is 1. The molecule has 0 saturated heterocycles.